The summed E-state index contributed by atoms with van der Waals surface area (Å²) in [5.74, 6) is 0.0472. The molecule has 1 aromatic carbocycles. The van der Waals surface area contributed by atoms with Crippen LogP contribution in [0.3, 0.4) is 0 Å². The van der Waals surface area contributed by atoms with Crippen molar-refractivity contribution in [3.05, 3.63) is 28.2 Å². The third kappa shape index (κ3) is 3.98. The number of carbonyl (C=O) groups is 1. The van der Waals surface area contributed by atoms with E-state index in [2.05, 4.69) is 34.7 Å². The summed E-state index contributed by atoms with van der Waals surface area (Å²) in [6.07, 6.45) is 2.06. The van der Waals surface area contributed by atoms with E-state index in [1.165, 1.54) is 0 Å². The molecule has 1 aliphatic heterocycles. The van der Waals surface area contributed by atoms with Gasteiger partial charge in [-0.1, -0.05) is 15.9 Å². The molecule has 2 N–H and O–H groups in total. The summed E-state index contributed by atoms with van der Waals surface area (Å²) in [7, 11) is 1.90. The van der Waals surface area contributed by atoms with Crippen molar-refractivity contribution in [2.45, 2.75) is 38.8 Å². The van der Waals surface area contributed by atoms with E-state index < -0.39 is 0 Å². The first-order valence-corrected chi connectivity index (χ1v) is 8.25. The van der Waals surface area contributed by atoms with Gasteiger partial charge in [-0.15, -0.1) is 0 Å². The van der Waals surface area contributed by atoms with Crippen LogP contribution < -0.4 is 5.73 Å². The van der Waals surface area contributed by atoms with Crippen molar-refractivity contribution in [2.75, 3.05) is 25.9 Å². The molecule has 2 rings (SSSR count). The number of benzene rings is 1. The lowest BCUT2D eigenvalue weighted by atomic mass is 10.0. The van der Waals surface area contributed by atoms with Crippen molar-refractivity contribution in [3.63, 3.8) is 0 Å². The van der Waals surface area contributed by atoms with E-state index in [-0.39, 0.29) is 5.91 Å². The Hall–Kier alpha value is -1.07. The fourth-order valence-corrected chi connectivity index (χ4v) is 3.41. The smallest absolute Gasteiger partial charge is 0.253 e. The summed E-state index contributed by atoms with van der Waals surface area (Å²) in [5.41, 5.74) is 7.08. The zero-order valence-electron chi connectivity index (χ0n) is 13.0. The molecular formula is C16H24BrN3O. The predicted molar refractivity (Wildman–Crippen MR) is 90.4 cm³/mol. The van der Waals surface area contributed by atoms with Crippen LogP contribution in [0.25, 0.3) is 0 Å². The highest BCUT2D eigenvalue weighted by molar-refractivity contribution is 9.10. The summed E-state index contributed by atoms with van der Waals surface area (Å²) in [6, 6.07) is 6.27. The van der Waals surface area contributed by atoms with Crippen LogP contribution in [-0.4, -0.2) is 47.9 Å². The molecule has 21 heavy (non-hydrogen) atoms. The topological polar surface area (TPSA) is 49.6 Å². The van der Waals surface area contributed by atoms with E-state index in [0.717, 1.165) is 30.4 Å². The lowest BCUT2D eigenvalue weighted by Gasteiger charge is -2.38. The van der Waals surface area contributed by atoms with Gasteiger partial charge in [0, 0.05) is 47.9 Å². The van der Waals surface area contributed by atoms with Gasteiger partial charge in [0.25, 0.3) is 5.91 Å². The SMILES string of the molecule is CC(C)N1CCC(N(C)C(=O)c2cc(N)cc(Br)c2)CC1. The number of nitrogens with two attached hydrogens (primary N) is 1. The summed E-state index contributed by atoms with van der Waals surface area (Å²) in [4.78, 5) is 16.9. The van der Waals surface area contributed by atoms with Crippen molar-refractivity contribution in [3.8, 4) is 0 Å². The van der Waals surface area contributed by atoms with Gasteiger partial charge in [-0.05, 0) is 44.9 Å². The molecule has 1 heterocycles. The highest BCUT2D eigenvalue weighted by atomic mass is 79.9. The second-order valence-corrected chi connectivity index (χ2v) is 6.97. The Morgan fingerprint density at radius 1 is 1.33 bits per heavy atom. The molecule has 4 nitrogen and oxygen atoms in total. The first-order valence-electron chi connectivity index (χ1n) is 7.45. The fourth-order valence-electron chi connectivity index (χ4n) is 2.89. The quantitative estimate of drug-likeness (QED) is 0.849. The van der Waals surface area contributed by atoms with Crippen LogP contribution in [0, 0.1) is 0 Å². The van der Waals surface area contributed by atoms with Gasteiger partial charge in [0.2, 0.25) is 0 Å². The molecule has 1 aromatic rings. The molecule has 0 atom stereocenters. The number of rotatable bonds is 3. The van der Waals surface area contributed by atoms with E-state index in [1.807, 2.05) is 18.0 Å². The zero-order chi connectivity index (χ0) is 15.6. The van der Waals surface area contributed by atoms with Crippen LogP contribution >= 0.6 is 15.9 Å². The Labute approximate surface area is 135 Å². The summed E-state index contributed by atoms with van der Waals surface area (Å²) in [6.45, 7) is 6.56. The van der Waals surface area contributed by atoms with E-state index in [4.69, 9.17) is 5.73 Å². The van der Waals surface area contributed by atoms with Crippen molar-refractivity contribution in [1.29, 1.82) is 0 Å². The predicted octanol–water partition coefficient (Wildman–Crippen LogP) is 2.98. The van der Waals surface area contributed by atoms with Gasteiger partial charge in [-0.25, -0.2) is 0 Å². The molecule has 0 spiro atoms. The molecule has 5 heteroatoms. The number of hydrogen-bond acceptors (Lipinski definition) is 3. The number of amides is 1. The molecule has 1 aliphatic rings. The Bertz CT molecular complexity index is 490. The van der Waals surface area contributed by atoms with E-state index in [0.29, 0.717) is 23.3 Å². The van der Waals surface area contributed by atoms with Crippen molar-refractivity contribution >= 4 is 27.5 Å². The number of hydrogen-bond donors (Lipinski definition) is 1. The summed E-state index contributed by atoms with van der Waals surface area (Å²) < 4.78 is 0.842. The van der Waals surface area contributed by atoms with Gasteiger partial charge < -0.3 is 15.5 Å². The molecule has 1 saturated heterocycles. The number of piperidine rings is 1. The molecule has 116 valence electrons. The largest absolute Gasteiger partial charge is 0.399 e. The number of nitrogen functional groups attached to an aromatic ring is 1. The number of nitrogens with zero attached hydrogens (tertiary/aromatic N) is 2. The maximum Gasteiger partial charge on any atom is 0.253 e. The number of anilines is 1. The van der Waals surface area contributed by atoms with Crippen LogP contribution in [0.4, 0.5) is 5.69 Å². The zero-order valence-corrected chi connectivity index (χ0v) is 14.6. The first-order chi connectivity index (χ1) is 9.88. The van der Waals surface area contributed by atoms with Gasteiger partial charge in [0.15, 0.2) is 0 Å². The molecule has 0 unspecified atom stereocenters. The maximum absolute atomic E-state index is 12.6. The van der Waals surface area contributed by atoms with E-state index >= 15 is 0 Å². The molecule has 0 radical (unpaired) electrons. The lowest BCUT2D eigenvalue weighted by molar-refractivity contribution is 0.0615. The Morgan fingerprint density at radius 3 is 2.48 bits per heavy atom. The number of halogens is 1. The molecule has 0 saturated carbocycles. The van der Waals surface area contributed by atoms with Crippen molar-refractivity contribution in [2.24, 2.45) is 0 Å². The normalized spacial score (nSPS) is 17.2. The third-order valence-electron chi connectivity index (χ3n) is 4.26. The van der Waals surface area contributed by atoms with Crippen molar-refractivity contribution < 1.29 is 4.79 Å². The average molecular weight is 354 g/mol. The number of carbonyl (C=O) groups excluding carboxylic acids is 1. The Balaban J connectivity index is 2.03. The van der Waals surface area contributed by atoms with Gasteiger partial charge in [0.1, 0.15) is 0 Å². The molecular weight excluding hydrogens is 330 g/mol. The van der Waals surface area contributed by atoms with Crippen LogP contribution in [0.1, 0.15) is 37.0 Å². The minimum absolute atomic E-state index is 0.0472. The molecule has 1 fully saturated rings. The Kier molecular flexibility index (Phi) is 5.27. The molecule has 0 aromatic heterocycles. The highest BCUT2D eigenvalue weighted by Gasteiger charge is 2.27. The average Bonchev–Trinajstić information content (AvgIpc) is 2.44. The second kappa shape index (κ2) is 6.79. The first kappa shape index (κ1) is 16.3. The van der Waals surface area contributed by atoms with E-state index in [1.54, 1.807) is 12.1 Å². The van der Waals surface area contributed by atoms with Gasteiger partial charge >= 0.3 is 0 Å². The lowest BCUT2D eigenvalue weighted by Crippen LogP contribution is -2.47. The van der Waals surface area contributed by atoms with Crippen molar-refractivity contribution in [1.82, 2.24) is 9.80 Å². The second-order valence-electron chi connectivity index (χ2n) is 6.05. The minimum Gasteiger partial charge on any atom is -0.399 e. The van der Waals surface area contributed by atoms with Gasteiger partial charge in [-0.2, -0.15) is 0 Å². The highest BCUT2D eigenvalue weighted by Crippen LogP contribution is 2.22. The van der Waals surface area contributed by atoms with Crippen LogP contribution in [-0.2, 0) is 0 Å². The maximum atomic E-state index is 12.6. The summed E-state index contributed by atoms with van der Waals surface area (Å²) in [5, 5.41) is 0. The fraction of sp³-hybridized carbons (Fsp3) is 0.562. The van der Waals surface area contributed by atoms with E-state index in [9.17, 15) is 4.79 Å². The molecule has 1 amide bonds. The third-order valence-corrected chi connectivity index (χ3v) is 4.72. The van der Waals surface area contributed by atoms with Crippen LogP contribution in [0.5, 0.6) is 0 Å². The monoisotopic (exact) mass is 353 g/mol. The van der Waals surface area contributed by atoms with Crippen LogP contribution in [0.2, 0.25) is 0 Å². The van der Waals surface area contributed by atoms with Gasteiger partial charge in [-0.3, -0.25) is 4.79 Å². The molecule has 0 aliphatic carbocycles. The molecule has 0 bridgehead atoms. The van der Waals surface area contributed by atoms with Gasteiger partial charge in [0.05, 0.1) is 0 Å². The van der Waals surface area contributed by atoms with Crippen LogP contribution in [0.15, 0.2) is 22.7 Å². The minimum atomic E-state index is 0.0472. The Morgan fingerprint density at radius 2 is 1.95 bits per heavy atom. The number of likely N-dealkylation sites (tertiary alicyclic amines) is 1. The standard InChI is InChI=1S/C16H24BrN3O/c1-11(2)20-6-4-15(5-7-20)19(3)16(21)12-8-13(17)10-14(18)9-12/h8-11,15H,4-7,18H2,1-3H3. The summed E-state index contributed by atoms with van der Waals surface area (Å²) >= 11 is 3.39.